The number of fused-ring (bicyclic) bond motifs is 2. The maximum atomic E-state index is 12.3. The van der Waals surface area contributed by atoms with Crippen molar-refractivity contribution in [3.8, 4) is 11.1 Å². The van der Waals surface area contributed by atoms with Gasteiger partial charge in [-0.1, -0.05) is 52.3 Å². The number of carbonyl (C=O) groups excluding carboxylic acids is 4. The Bertz CT molecular complexity index is 2700. The first-order valence-corrected chi connectivity index (χ1v) is 23.7. The average molecular weight is 956 g/mol. The van der Waals surface area contributed by atoms with E-state index in [1.165, 1.54) is 0 Å². The molecule has 342 valence electrons. The van der Waals surface area contributed by atoms with Gasteiger partial charge < -0.3 is 28.9 Å². The summed E-state index contributed by atoms with van der Waals surface area (Å²) in [6, 6.07) is 23.1. The SMILES string of the molecule is CC1(C)OB(c2cc3c(N4CCN(C(=O)C5CC5)CC4)ccnn3c2)OC1(C)C.O=Cc1ccc(-c2cc3c(N4CCN(C(=O)C5CC5)CC4)ccnn3c2)cc1.O=Cc1ccc(Br)cc1. The summed E-state index contributed by atoms with van der Waals surface area (Å²) in [5, 5.41) is 8.95. The van der Waals surface area contributed by atoms with Crippen molar-refractivity contribution in [2.45, 2.75) is 64.6 Å². The second-order valence-corrected chi connectivity index (χ2v) is 19.7. The van der Waals surface area contributed by atoms with Gasteiger partial charge in [0.05, 0.1) is 33.6 Å². The second-order valence-electron chi connectivity index (χ2n) is 18.8. The number of piperazine rings is 2. The zero-order chi connectivity index (χ0) is 46.2. The minimum Gasteiger partial charge on any atom is -0.399 e. The Morgan fingerprint density at radius 1 is 0.606 bits per heavy atom. The number of hydrogen-bond acceptors (Lipinski definition) is 10. The molecule has 2 aromatic carbocycles. The van der Waals surface area contributed by atoms with Gasteiger partial charge in [-0.3, -0.25) is 19.2 Å². The normalized spacial score (nSPS) is 19.0. The Kier molecular flexibility index (Phi) is 12.9. The summed E-state index contributed by atoms with van der Waals surface area (Å²) in [5.41, 5.74) is 8.12. The number of hydrogen-bond donors (Lipinski definition) is 0. The third-order valence-corrected chi connectivity index (χ3v) is 14.2. The van der Waals surface area contributed by atoms with Gasteiger partial charge in [0.25, 0.3) is 0 Å². The molecular formula is C50H56BBrN8O6. The Morgan fingerprint density at radius 2 is 1.05 bits per heavy atom. The summed E-state index contributed by atoms with van der Waals surface area (Å²) in [5.74, 6) is 1.26. The Labute approximate surface area is 394 Å². The van der Waals surface area contributed by atoms with E-state index in [0.29, 0.717) is 28.9 Å². The number of rotatable bonds is 8. The predicted octanol–water partition coefficient (Wildman–Crippen LogP) is 6.83. The summed E-state index contributed by atoms with van der Waals surface area (Å²) in [4.78, 5) is 54.3. The van der Waals surface area contributed by atoms with Crippen LogP contribution < -0.4 is 15.3 Å². The van der Waals surface area contributed by atoms with Gasteiger partial charge in [-0.2, -0.15) is 10.2 Å². The van der Waals surface area contributed by atoms with Crippen LogP contribution in [0.25, 0.3) is 22.2 Å². The maximum absolute atomic E-state index is 12.3. The van der Waals surface area contributed by atoms with Gasteiger partial charge in [0, 0.05) is 116 Å². The van der Waals surface area contributed by atoms with Crippen molar-refractivity contribution in [2.75, 3.05) is 62.2 Å². The quantitative estimate of drug-likeness (QED) is 0.118. The van der Waals surface area contributed by atoms with Gasteiger partial charge in [0.1, 0.15) is 12.6 Å². The molecule has 11 rings (SSSR count). The molecule has 7 heterocycles. The van der Waals surface area contributed by atoms with Crippen molar-refractivity contribution < 1.29 is 28.5 Å². The third kappa shape index (κ3) is 9.81. The molecule has 5 aliphatic rings. The van der Waals surface area contributed by atoms with Gasteiger partial charge in [-0.25, -0.2) is 9.03 Å². The van der Waals surface area contributed by atoms with Crippen LogP contribution in [0.15, 0.2) is 102 Å². The largest absolute Gasteiger partial charge is 0.496 e. The number of aldehydes is 2. The lowest BCUT2D eigenvalue weighted by molar-refractivity contribution is -0.133. The third-order valence-electron chi connectivity index (χ3n) is 13.6. The highest BCUT2D eigenvalue weighted by molar-refractivity contribution is 9.10. The van der Waals surface area contributed by atoms with Crippen LogP contribution in [0, 0.1) is 11.8 Å². The van der Waals surface area contributed by atoms with Crippen LogP contribution in [-0.4, -0.2) is 124 Å². The highest BCUT2D eigenvalue weighted by Crippen LogP contribution is 2.37. The number of anilines is 2. The Hall–Kier alpha value is -5.84. The zero-order valence-electron chi connectivity index (χ0n) is 38.0. The van der Waals surface area contributed by atoms with Gasteiger partial charge in [0.15, 0.2) is 0 Å². The van der Waals surface area contributed by atoms with Crippen molar-refractivity contribution in [2.24, 2.45) is 11.8 Å². The van der Waals surface area contributed by atoms with Crippen molar-refractivity contribution in [1.82, 2.24) is 29.0 Å². The first-order chi connectivity index (χ1) is 31.8. The molecule has 4 aromatic heterocycles. The van der Waals surface area contributed by atoms with Gasteiger partial charge in [0.2, 0.25) is 11.8 Å². The van der Waals surface area contributed by atoms with E-state index in [4.69, 9.17) is 9.31 Å². The molecule has 2 aliphatic carbocycles. The predicted molar refractivity (Wildman–Crippen MR) is 259 cm³/mol. The smallest absolute Gasteiger partial charge is 0.399 e. The molecule has 0 bridgehead atoms. The molecule has 0 radical (unpaired) electrons. The van der Waals surface area contributed by atoms with Crippen LogP contribution in [0.5, 0.6) is 0 Å². The molecular weight excluding hydrogens is 899 g/mol. The summed E-state index contributed by atoms with van der Waals surface area (Å²) in [6.45, 7) is 14.8. The van der Waals surface area contributed by atoms with Crippen LogP contribution in [0.3, 0.4) is 0 Å². The topological polar surface area (TPSA) is 134 Å². The molecule has 0 N–H and O–H groups in total. The molecule has 66 heavy (non-hydrogen) atoms. The fourth-order valence-electron chi connectivity index (χ4n) is 8.63. The van der Waals surface area contributed by atoms with Crippen LogP contribution in [-0.2, 0) is 18.9 Å². The first-order valence-electron chi connectivity index (χ1n) is 22.9. The number of nitrogens with zero attached hydrogens (tertiary/aromatic N) is 8. The van der Waals surface area contributed by atoms with Crippen LogP contribution >= 0.6 is 15.9 Å². The Morgan fingerprint density at radius 3 is 1.50 bits per heavy atom. The number of amides is 2. The number of benzene rings is 2. The number of aromatic nitrogens is 4. The molecule has 2 saturated carbocycles. The van der Waals surface area contributed by atoms with E-state index in [9.17, 15) is 19.2 Å². The number of carbonyl (C=O) groups is 4. The zero-order valence-corrected chi connectivity index (χ0v) is 39.6. The molecule has 0 unspecified atom stereocenters. The lowest BCUT2D eigenvalue weighted by Crippen LogP contribution is -2.49. The van der Waals surface area contributed by atoms with E-state index in [2.05, 4.69) is 81.8 Å². The Balaban J connectivity index is 0.000000140. The van der Waals surface area contributed by atoms with Crippen LogP contribution in [0.4, 0.5) is 11.4 Å². The van der Waals surface area contributed by atoms with Crippen LogP contribution in [0.2, 0.25) is 0 Å². The molecule has 6 aromatic rings. The standard InChI is InChI=1S/C22H22N4O2.C21H29BN4O3.C7H5BrO/c27-15-16-1-3-17(4-2-16)19-13-21-20(7-8-23-26(21)14-19)24-9-11-25(12-10-24)22(28)18-5-6-18;1-20(2)21(3,4)29-22(28-20)16-13-18-17(7-8-23-26(18)14-16)24-9-11-25(12-10-24)19(27)15-5-6-15;8-7-3-1-6(5-9)2-4-7/h1-4,7-8,13-15,18H,5-6,9-12H2;7-8,13-15H,5-6,9-12H2,1-4H3;1-5H. The van der Waals surface area contributed by atoms with Gasteiger partial charge in [-0.05, 0) is 95.3 Å². The van der Waals surface area contributed by atoms with E-state index in [-0.39, 0.29) is 17.1 Å². The fourth-order valence-corrected chi connectivity index (χ4v) is 8.89. The van der Waals surface area contributed by atoms with Crippen molar-refractivity contribution >= 4 is 75.3 Å². The lowest BCUT2D eigenvalue weighted by Gasteiger charge is -2.36. The summed E-state index contributed by atoms with van der Waals surface area (Å²) < 4.78 is 17.2. The van der Waals surface area contributed by atoms with Crippen molar-refractivity contribution in [3.05, 3.63) is 113 Å². The highest BCUT2D eigenvalue weighted by atomic mass is 79.9. The molecule has 16 heteroatoms. The molecule has 3 aliphatic heterocycles. The van der Waals surface area contributed by atoms with Crippen molar-refractivity contribution in [3.63, 3.8) is 0 Å². The average Bonchev–Trinajstić information content (AvgIpc) is 4.27. The summed E-state index contributed by atoms with van der Waals surface area (Å²) in [7, 11) is -0.400. The molecule has 14 nitrogen and oxygen atoms in total. The molecule has 2 amide bonds. The molecule has 3 saturated heterocycles. The van der Waals surface area contributed by atoms with E-state index in [0.717, 1.165) is 134 Å². The van der Waals surface area contributed by atoms with E-state index in [1.54, 1.807) is 12.1 Å². The van der Waals surface area contributed by atoms with E-state index < -0.39 is 7.12 Å². The lowest BCUT2D eigenvalue weighted by atomic mass is 9.81. The van der Waals surface area contributed by atoms with E-state index in [1.807, 2.05) is 86.1 Å². The van der Waals surface area contributed by atoms with Crippen LogP contribution in [0.1, 0.15) is 74.1 Å². The van der Waals surface area contributed by atoms with Gasteiger partial charge in [-0.15, -0.1) is 0 Å². The summed E-state index contributed by atoms with van der Waals surface area (Å²) >= 11 is 3.26. The second kappa shape index (κ2) is 18.8. The first kappa shape index (κ1) is 45.3. The minimum absolute atomic E-state index is 0.290. The van der Waals surface area contributed by atoms with E-state index >= 15 is 0 Å². The maximum Gasteiger partial charge on any atom is 0.496 e. The monoisotopic (exact) mass is 954 g/mol. The molecule has 0 spiro atoms. The van der Waals surface area contributed by atoms with Crippen molar-refractivity contribution in [1.29, 1.82) is 0 Å². The van der Waals surface area contributed by atoms with Gasteiger partial charge >= 0.3 is 7.12 Å². The fraction of sp³-hybridized carbons (Fsp3) is 0.400. The highest BCUT2D eigenvalue weighted by Gasteiger charge is 2.52. The molecule has 0 atom stereocenters. The minimum atomic E-state index is -0.400. The number of halogens is 1. The summed E-state index contributed by atoms with van der Waals surface area (Å²) in [6.07, 6.45) is 13.6. The molecule has 5 fully saturated rings.